The molecule has 0 N–H and O–H groups in total. The molecule has 23 heavy (non-hydrogen) atoms. The molecule has 0 spiro atoms. The van der Waals surface area contributed by atoms with Crippen LogP contribution in [0.25, 0.3) is 11.1 Å². The molecule has 4 heteroatoms. The lowest BCUT2D eigenvalue weighted by atomic mass is 10.0. The lowest BCUT2D eigenvalue weighted by molar-refractivity contribution is 0.0601. The van der Waals surface area contributed by atoms with Crippen molar-refractivity contribution in [3.63, 3.8) is 0 Å². The van der Waals surface area contributed by atoms with E-state index in [0.29, 0.717) is 5.56 Å². The van der Waals surface area contributed by atoms with Gasteiger partial charge in [-0.3, -0.25) is 0 Å². The van der Waals surface area contributed by atoms with Gasteiger partial charge in [0.15, 0.2) is 0 Å². The average molecular weight is 345 g/mol. The molecule has 120 valence electrons. The summed E-state index contributed by atoms with van der Waals surface area (Å²) in [6.45, 7) is 4.40. The molecule has 1 aliphatic rings. The predicted molar refractivity (Wildman–Crippen MR) is 100 cm³/mol. The summed E-state index contributed by atoms with van der Waals surface area (Å²) < 4.78 is 4.80. The van der Waals surface area contributed by atoms with Gasteiger partial charge in [-0.25, -0.2) is 4.79 Å². The molecule has 0 atom stereocenters. The molecule has 3 rings (SSSR count). The standard InChI is InChI=1S/C19H20O2S2/c1-4-22-19(23-5-2)16-9-7-6-8-14(16)15-12-13(18(20)21-3)10-11-17(15)19/h6-12H,4-5H2,1-3H3. The van der Waals surface area contributed by atoms with Crippen molar-refractivity contribution in [3.05, 3.63) is 59.2 Å². The minimum absolute atomic E-state index is 0.0793. The zero-order valence-corrected chi connectivity index (χ0v) is 15.2. The molecule has 1 aliphatic carbocycles. The van der Waals surface area contributed by atoms with Crippen LogP contribution in [0, 0.1) is 0 Å². The third kappa shape index (κ3) is 2.58. The fourth-order valence-electron chi connectivity index (χ4n) is 3.21. The van der Waals surface area contributed by atoms with E-state index in [0.717, 1.165) is 17.1 Å². The zero-order chi connectivity index (χ0) is 16.4. The summed E-state index contributed by atoms with van der Waals surface area (Å²) in [6.07, 6.45) is 0. The van der Waals surface area contributed by atoms with Crippen LogP contribution in [0.4, 0.5) is 0 Å². The van der Waals surface area contributed by atoms with E-state index in [1.54, 1.807) is 0 Å². The van der Waals surface area contributed by atoms with E-state index in [4.69, 9.17) is 4.74 Å². The van der Waals surface area contributed by atoms with E-state index < -0.39 is 0 Å². The Kier molecular flexibility index (Phi) is 4.74. The van der Waals surface area contributed by atoms with Crippen LogP contribution in [-0.2, 0) is 8.82 Å². The average Bonchev–Trinajstić information content (AvgIpc) is 2.85. The fraction of sp³-hybridized carbons (Fsp3) is 0.316. The highest BCUT2D eigenvalue weighted by atomic mass is 32.2. The summed E-state index contributed by atoms with van der Waals surface area (Å²) in [6, 6.07) is 14.5. The largest absolute Gasteiger partial charge is 0.465 e. The summed E-state index contributed by atoms with van der Waals surface area (Å²) in [7, 11) is 1.42. The van der Waals surface area contributed by atoms with Crippen molar-refractivity contribution in [2.24, 2.45) is 0 Å². The third-order valence-electron chi connectivity index (χ3n) is 4.06. The Bertz CT molecular complexity index is 734. The summed E-state index contributed by atoms with van der Waals surface area (Å²) in [5.41, 5.74) is 5.64. The monoisotopic (exact) mass is 344 g/mol. The molecule has 2 nitrogen and oxygen atoms in total. The van der Waals surface area contributed by atoms with Gasteiger partial charge in [0.1, 0.15) is 4.08 Å². The van der Waals surface area contributed by atoms with E-state index in [1.165, 1.54) is 23.8 Å². The Morgan fingerprint density at radius 1 is 1.00 bits per heavy atom. The van der Waals surface area contributed by atoms with Crippen LogP contribution >= 0.6 is 23.5 Å². The van der Waals surface area contributed by atoms with E-state index in [-0.39, 0.29) is 10.0 Å². The zero-order valence-electron chi connectivity index (χ0n) is 13.6. The first-order valence-electron chi connectivity index (χ1n) is 7.78. The molecule has 0 saturated carbocycles. The van der Waals surface area contributed by atoms with Gasteiger partial charge in [-0.1, -0.05) is 44.2 Å². The van der Waals surface area contributed by atoms with Crippen LogP contribution in [0.2, 0.25) is 0 Å². The number of ether oxygens (including phenoxy) is 1. The molecule has 2 aromatic carbocycles. The van der Waals surface area contributed by atoms with Gasteiger partial charge in [-0.2, -0.15) is 0 Å². The first-order chi connectivity index (χ1) is 11.2. The summed E-state index contributed by atoms with van der Waals surface area (Å²) >= 11 is 3.93. The van der Waals surface area contributed by atoms with Crippen LogP contribution in [0.15, 0.2) is 42.5 Å². The van der Waals surface area contributed by atoms with Crippen molar-refractivity contribution in [1.82, 2.24) is 0 Å². The van der Waals surface area contributed by atoms with E-state index in [2.05, 4.69) is 44.2 Å². The number of benzene rings is 2. The van der Waals surface area contributed by atoms with Crippen LogP contribution in [-0.4, -0.2) is 24.6 Å². The summed E-state index contributed by atoms with van der Waals surface area (Å²) in [5, 5.41) is 0. The van der Waals surface area contributed by atoms with E-state index in [9.17, 15) is 4.79 Å². The number of thioether (sulfide) groups is 2. The van der Waals surface area contributed by atoms with Gasteiger partial charge >= 0.3 is 5.97 Å². The van der Waals surface area contributed by atoms with Crippen molar-refractivity contribution in [3.8, 4) is 11.1 Å². The Hall–Kier alpha value is -1.39. The molecule has 2 aromatic rings. The van der Waals surface area contributed by atoms with Crippen LogP contribution < -0.4 is 0 Å². The third-order valence-corrected chi connectivity index (χ3v) is 7.04. The smallest absolute Gasteiger partial charge is 0.337 e. The molecule has 0 unspecified atom stereocenters. The van der Waals surface area contributed by atoms with Gasteiger partial charge in [0.05, 0.1) is 12.7 Å². The normalized spacial score (nSPS) is 14.2. The first kappa shape index (κ1) is 16.5. The number of hydrogen-bond acceptors (Lipinski definition) is 4. The van der Waals surface area contributed by atoms with Gasteiger partial charge < -0.3 is 4.74 Å². The number of carbonyl (C=O) groups excluding carboxylic acids is 1. The molecule has 0 bridgehead atoms. The predicted octanol–water partition coefficient (Wildman–Crippen LogP) is 5.16. The molecule has 0 fully saturated rings. The van der Waals surface area contributed by atoms with Crippen molar-refractivity contribution >= 4 is 29.5 Å². The lowest BCUT2D eigenvalue weighted by Crippen LogP contribution is -2.17. The minimum Gasteiger partial charge on any atom is -0.465 e. The maximum absolute atomic E-state index is 11.9. The number of hydrogen-bond donors (Lipinski definition) is 0. The Morgan fingerprint density at radius 2 is 1.65 bits per heavy atom. The SMILES string of the molecule is CCSC1(SCC)c2ccccc2-c2cc(C(=O)OC)ccc21. The number of esters is 1. The molecule has 0 saturated heterocycles. The van der Waals surface area contributed by atoms with Crippen molar-refractivity contribution in [2.75, 3.05) is 18.6 Å². The van der Waals surface area contributed by atoms with Crippen LogP contribution in [0.3, 0.4) is 0 Å². The molecular formula is C19H20O2S2. The molecule has 0 aromatic heterocycles. The highest BCUT2D eigenvalue weighted by Crippen LogP contribution is 2.60. The highest BCUT2D eigenvalue weighted by Gasteiger charge is 2.43. The number of methoxy groups -OCH3 is 1. The van der Waals surface area contributed by atoms with Crippen LogP contribution in [0.1, 0.15) is 35.3 Å². The molecule has 0 heterocycles. The van der Waals surface area contributed by atoms with Gasteiger partial charge in [0, 0.05) is 0 Å². The lowest BCUT2D eigenvalue weighted by Gasteiger charge is -2.30. The number of carbonyl (C=O) groups is 1. The Balaban J connectivity index is 2.25. The number of fused-ring (bicyclic) bond motifs is 3. The second-order valence-electron chi connectivity index (χ2n) is 5.28. The second kappa shape index (κ2) is 6.62. The summed E-state index contributed by atoms with van der Waals surface area (Å²) in [5.74, 6) is 1.80. The Morgan fingerprint density at radius 3 is 2.30 bits per heavy atom. The second-order valence-corrected chi connectivity index (χ2v) is 8.50. The molecule has 0 aliphatic heterocycles. The molecule has 0 amide bonds. The van der Waals surface area contributed by atoms with Crippen molar-refractivity contribution in [2.45, 2.75) is 17.9 Å². The van der Waals surface area contributed by atoms with Crippen molar-refractivity contribution in [1.29, 1.82) is 0 Å². The number of rotatable bonds is 5. The van der Waals surface area contributed by atoms with Gasteiger partial charge in [-0.15, -0.1) is 23.5 Å². The maximum atomic E-state index is 11.9. The van der Waals surface area contributed by atoms with Crippen molar-refractivity contribution < 1.29 is 9.53 Å². The highest BCUT2D eigenvalue weighted by molar-refractivity contribution is 8.17. The first-order valence-corrected chi connectivity index (χ1v) is 9.75. The van der Waals surface area contributed by atoms with Gasteiger partial charge in [-0.05, 0) is 45.9 Å². The van der Waals surface area contributed by atoms with Crippen LogP contribution in [0.5, 0.6) is 0 Å². The van der Waals surface area contributed by atoms with Gasteiger partial charge in [0.2, 0.25) is 0 Å². The quantitative estimate of drug-likeness (QED) is 0.553. The maximum Gasteiger partial charge on any atom is 0.337 e. The molecular weight excluding hydrogens is 324 g/mol. The van der Waals surface area contributed by atoms with E-state index in [1.807, 2.05) is 35.7 Å². The topological polar surface area (TPSA) is 26.3 Å². The van der Waals surface area contributed by atoms with Gasteiger partial charge in [0.25, 0.3) is 0 Å². The minimum atomic E-state index is -0.283. The Labute approximate surface area is 146 Å². The summed E-state index contributed by atoms with van der Waals surface area (Å²) in [4.78, 5) is 11.9. The van der Waals surface area contributed by atoms with E-state index >= 15 is 0 Å². The molecule has 0 radical (unpaired) electrons. The fourth-order valence-corrected chi connectivity index (χ4v) is 6.40.